The lowest BCUT2D eigenvalue weighted by molar-refractivity contribution is -0.116. The monoisotopic (exact) mass is 180 g/mol. The van der Waals surface area contributed by atoms with Crippen LogP contribution in [-0.4, -0.2) is 21.1 Å². The molecule has 0 unspecified atom stereocenters. The average molecular weight is 180 g/mol. The second kappa shape index (κ2) is 3.98. The molecule has 0 aliphatic heterocycles. The highest BCUT2D eigenvalue weighted by molar-refractivity contribution is 6.06. The summed E-state index contributed by atoms with van der Waals surface area (Å²) < 4.78 is 1.80. The Kier molecular flexibility index (Phi) is 2.95. The fourth-order valence-corrected chi connectivity index (χ4v) is 0.994. The van der Waals surface area contributed by atoms with Crippen molar-refractivity contribution in [3.63, 3.8) is 0 Å². The quantitative estimate of drug-likeness (QED) is 0.514. The van der Waals surface area contributed by atoms with Crippen LogP contribution in [0.1, 0.15) is 30.8 Å². The number of rotatable bonds is 4. The molecule has 0 saturated carbocycles. The van der Waals surface area contributed by atoms with E-state index in [0.29, 0.717) is 5.69 Å². The van der Waals surface area contributed by atoms with Gasteiger partial charge in [-0.25, -0.2) is 4.98 Å². The normalized spacial score (nSPS) is 10.0. The second-order valence-corrected chi connectivity index (χ2v) is 2.89. The Morgan fingerprint density at radius 1 is 1.54 bits per heavy atom. The van der Waals surface area contributed by atoms with Gasteiger partial charge >= 0.3 is 0 Å². The van der Waals surface area contributed by atoms with Crippen LogP contribution < -0.4 is 0 Å². The number of carbonyl (C=O) groups is 2. The fraction of sp³-hybridized carbons (Fsp3) is 0.444. The van der Waals surface area contributed by atoms with Crippen molar-refractivity contribution < 1.29 is 9.59 Å². The van der Waals surface area contributed by atoms with Gasteiger partial charge in [-0.3, -0.25) is 9.59 Å². The lowest BCUT2D eigenvalue weighted by Gasteiger charge is -1.92. The summed E-state index contributed by atoms with van der Waals surface area (Å²) in [6.45, 7) is 4.13. The fourth-order valence-electron chi connectivity index (χ4n) is 0.994. The van der Waals surface area contributed by atoms with Gasteiger partial charge < -0.3 is 4.57 Å². The first-order chi connectivity index (χ1) is 6.13. The minimum atomic E-state index is -0.209. The summed E-state index contributed by atoms with van der Waals surface area (Å²) in [6.07, 6.45) is 3.19. The molecule has 0 radical (unpaired) electrons. The first kappa shape index (κ1) is 9.64. The maximum atomic E-state index is 11.3. The molecular formula is C9H12N2O2. The number of hydrogen-bond donors (Lipinski definition) is 0. The molecule has 4 heteroatoms. The van der Waals surface area contributed by atoms with E-state index in [1.807, 2.05) is 6.92 Å². The van der Waals surface area contributed by atoms with Crippen LogP contribution >= 0.6 is 0 Å². The molecule has 1 aromatic rings. The summed E-state index contributed by atoms with van der Waals surface area (Å²) in [5, 5.41) is 0. The average Bonchev–Trinajstić information content (AvgIpc) is 2.50. The number of nitrogens with zero attached hydrogens (tertiary/aromatic N) is 2. The molecule has 1 heterocycles. The molecule has 1 aromatic heterocycles. The van der Waals surface area contributed by atoms with Gasteiger partial charge in [-0.1, -0.05) is 0 Å². The highest BCUT2D eigenvalue weighted by atomic mass is 16.1. The highest BCUT2D eigenvalue weighted by Crippen LogP contribution is 2.01. The van der Waals surface area contributed by atoms with Crippen LogP contribution in [0.25, 0.3) is 0 Å². The summed E-state index contributed by atoms with van der Waals surface area (Å²) in [4.78, 5) is 25.8. The van der Waals surface area contributed by atoms with E-state index in [1.54, 1.807) is 17.1 Å². The van der Waals surface area contributed by atoms with Crippen molar-refractivity contribution in [1.29, 1.82) is 0 Å². The van der Waals surface area contributed by atoms with Gasteiger partial charge in [-0.15, -0.1) is 0 Å². The van der Waals surface area contributed by atoms with E-state index in [-0.39, 0.29) is 18.0 Å². The summed E-state index contributed by atoms with van der Waals surface area (Å²) in [6, 6.07) is 0. The lowest BCUT2D eigenvalue weighted by Crippen LogP contribution is -2.05. The summed E-state index contributed by atoms with van der Waals surface area (Å²) in [5.74, 6) is -0.337. The van der Waals surface area contributed by atoms with Gasteiger partial charge in [0.2, 0.25) is 0 Å². The maximum absolute atomic E-state index is 11.3. The number of Topliss-reactive ketones (excluding diaryl/α,β-unsaturated/α-hetero) is 2. The standard InChI is InChI=1S/C9H12N2O2/c1-3-11-5-8(10-6-11)9(13)4-7(2)12/h5-6H,3-4H2,1-2H3. The van der Waals surface area contributed by atoms with Crippen molar-refractivity contribution in [2.45, 2.75) is 26.8 Å². The summed E-state index contributed by atoms with van der Waals surface area (Å²) in [5.41, 5.74) is 0.372. The molecule has 1 rings (SSSR count). The molecule has 0 saturated heterocycles. The van der Waals surface area contributed by atoms with E-state index in [9.17, 15) is 9.59 Å². The first-order valence-corrected chi connectivity index (χ1v) is 4.18. The number of imidazole rings is 1. The third kappa shape index (κ3) is 2.50. The third-order valence-corrected chi connectivity index (χ3v) is 1.69. The Bertz CT molecular complexity index is 328. The Labute approximate surface area is 76.6 Å². The van der Waals surface area contributed by atoms with Crippen LogP contribution in [0.5, 0.6) is 0 Å². The van der Waals surface area contributed by atoms with E-state index >= 15 is 0 Å². The molecule has 13 heavy (non-hydrogen) atoms. The summed E-state index contributed by atoms with van der Waals surface area (Å²) >= 11 is 0. The Balaban J connectivity index is 2.71. The van der Waals surface area contributed by atoms with Gasteiger partial charge in [0.15, 0.2) is 5.78 Å². The van der Waals surface area contributed by atoms with Crippen molar-refractivity contribution in [3.8, 4) is 0 Å². The van der Waals surface area contributed by atoms with E-state index < -0.39 is 0 Å². The van der Waals surface area contributed by atoms with Gasteiger partial charge in [0.05, 0.1) is 12.7 Å². The van der Waals surface area contributed by atoms with Gasteiger partial charge in [0.1, 0.15) is 11.5 Å². The van der Waals surface area contributed by atoms with Gasteiger partial charge in [-0.2, -0.15) is 0 Å². The maximum Gasteiger partial charge on any atom is 0.190 e. The predicted octanol–water partition coefficient (Wildman–Crippen LogP) is 1.06. The van der Waals surface area contributed by atoms with E-state index in [2.05, 4.69) is 4.98 Å². The molecular weight excluding hydrogens is 168 g/mol. The largest absolute Gasteiger partial charge is 0.337 e. The number of aromatic nitrogens is 2. The molecule has 0 amide bonds. The summed E-state index contributed by atoms with van der Waals surface area (Å²) in [7, 11) is 0. The van der Waals surface area contributed by atoms with E-state index in [0.717, 1.165) is 6.54 Å². The molecule has 4 nitrogen and oxygen atoms in total. The Hall–Kier alpha value is -1.45. The zero-order valence-electron chi connectivity index (χ0n) is 7.78. The molecule has 0 N–H and O–H groups in total. The number of aryl methyl sites for hydroxylation is 1. The van der Waals surface area contributed by atoms with Gasteiger partial charge in [0.25, 0.3) is 0 Å². The van der Waals surface area contributed by atoms with E-state index in [4.69, 9.17) is 0 Å². The lowest BCUT2D eigenvalue weighted by atomic mass is 10.2. The first-order valence-electron chi connectivity index (χ1n) is 4.18. The van der Waals surface area contributed by atoms with Gasteiger partial charge in [0, 0.05) is 12.7 Å². The van der Waals surface area contributed by atoms with Crippen LogP contribution in [0, 0.1) is 0 Å². The zero-order chi connectivity index (χ0) is 9.84. The molecule has 0 bridgehead atoms. The predicted molar refractivity (Wildman–Crippen MR) is 47.5 cm³/mol. The molecule has 0 aliphatic rings. The van der Waals surface area contributed by atoms with Crippen molar-refractivity contribution >= 4 is 11.6 Å². The van der Waals surface area contributed by atoms with Crippen LogP contribution in [0.4, 0.5) is 0 Å². The number of carbonyl (C=O) groups excluding carboxylic acids is 2. The van der Waals surface area contributed by atoms with Crippen molar-refractivity contribution in [2.24, 2.45) is 0 Å². The Morgan fingerprint density at radius 3 is 2.69 bits per heavy atom. The van der Waals surface area contributed by atoms with Crippen molar-refractivity contribution in [3.05, 3.63) is 18.2 Å². The third-order valence-electron chi connectivity index (χ3n) is 1.69. The van der Waals surface area contributed by atoms with Gasteiger partial charge in [-0.05, 0) is 13.8 Å². The Morgan fingerprint density at radius 2 is 2.23 bits per heavy atom. The topological polar surface area (TPSA) is 52.0 Å². The SMILES string of the molecule is CCn1cnc(C(=O)CC(C)=O)c1. The van der Waals surface area contributed by atoms with Crippen LogP contribution in [0.2, 0.25) is 0 Å². The molecule has 0 atom stereocenters. The smallest absolute Gasteiger partial charge is 0.190 e. The number of hydrogen-bond acceptors (Lipinski definition) is 3. The van der Waals surface area contributed by atoms with Crippen molar-refractivity contribution in [2.75, 3.05) is 0 Å². The molecule has 0 spiro atoms. The van der Waals surface area contributed by atoms with Crippen LogP contribution in [0.15, 0.2) is 12.5 Å². The van der Waals surface area contributed by atoms with Crippen LogP contribution in [0.3, 0.4) is 0 Å². The number of ketones is 2. The molecule has 0 aromatic carbocycles. The highest BCUT2D eigenvalue weighted by Gasteiger charge is 2.10. The molecule has 0 fully saturated rings. The van der Waals surface area contributed by atoms with E-state index in [1.165, 1.54) is 6.92 Å². The molecule has 0 aliphatic carbocycles. The second-order valence-electron chi connectivity index (χ2n) is 2.89. The van der Waals surface area contributed by atoms with Crippen LogP contribution in [-0.2, 0) is 11.3 Å². The minimum absolute atomic E-state index is 0.0548. The van der Waals surface area contributed by atoms with Crippen molar-refractivity contribution in [1.82, 2.24) is 9.55 Å². The zero-order valence-corrected chi connectivity index (χ0v) is 7.78. The minimum Gasteiger partial charge on any atom is -0.337 e. The molecule has 70 valence electrons.